The van der Waals surface area contributed by atoms with Crippen molar-refractivity contribution < 1.29 is 30.7 Å². The van der Waals surface area contributed by atoms with E-state index in [-0.39, 0.29) is 10.5 Å². The Labute approximate surface area is 310 Å². The van der Waals surface area contributed by atoms with Crippen molar-refractivity contribution in [1.82, 2.24) is 9.97 Å². The maximum Gasteiger partial charge on any atom is 0.296 e. The first-order chi connectivity index (χ1) is 25.3. The highest BCUT2D eigenvalue weighted by molar-refractivity contribution is 7.91. The summed E-state index contributed by atoms with van der Waals surface area (Å²) in [7, 11) is -9.24. The number of hydrogen-bond donors (Lipinski definition) is 4. The van der Waals surface area contributed by atoms with Crippen LogP contribution in [0, 0.1) is 6.92 Å². The van der Waals surface area contributed by atoms with E-state index in [0.29, 0.717) is 37.7 Å². The summed E-state index contributed by atoms with van der Waals surface area (Å²) in [6, 6.07) is 30.2. The molecule has 2 heterocycles. The van der Waals surface area contributed by atoms with Crippen LogP contribution in [0.1, 0.15) is 21.5 Å². The SMILES string of the molecule is Cc1ccc2nc(-c3ccc4nc(-c5ccc(N/N=C6\C(=O)c7cc(Nc8ccccc8)ccc7C=C6S(=O)(=O)O)cc5)sc4c3)sc2c1S(=O)(=O)O. The van der Waals surface area contributed by atoms with Crippen LogP contribution in [-0.2, 0) is 20.2 Å². The van der Waals surface area contributed by atoms with Crippen molar-refractivity contribution in [1.29, 1.82) is 0 Å². The molecule has 5 aromatic carbocycles. The van der Waals surface area contributed by atoms with Gasteiger partial charge in [-0.15, -0.1) is 22.7 Å². The molecule has 16 heteroatoms. The largest absolute Gasteiger partial charge is 0.356 e. The van der Waals surface area contributed by atoms with Gasteiger partial charge in [-0.25, -0.2) is 9.97 Å². The Morgan fingerprint density at radius 2 is 1.38 bits per heavy atom. The summed E-state index contributed by atoms with van der Waals surface area (Å²) in [6.07, 6.45) is 1.22. The minimum absolute atomic E-state index is 0.138. The Hall–Kier alpha value is -5.62. The monoisotopic (exact) mass is 779 g/mol. The number of aromatic nitrogens is 2. The number of thiazole rings is 2. The third-order valence-corrected chi connectivity index (χ3v) is 12.6. The second kappa shape index (κ2) is 13.1. The van der Waals surface area contributed by atoms with E-state index >= 15 is 0 Å². The van der Waals surface area contributed by atoms with Gasteiger partial charge in [-0.3, -0.25) is 19.3 Å². The lowest BCUT2D eigenvalue weighted by molar-refractivity contribution is 0.106. The third kappa shape index (κ3) is 6.74. The van der Waals surface area contributed by atoms with Crippen molar-refractivity contribution in [3.8, 4) is 21.1 Å². The van der Waals surface area contributed by atoms with E-state index in [2.05, 4.69) is 20.8 Å². The first-order valence-electron chi connectivity index (χ1n) is 15.7. The van der Waals surface area contributed by atoms with E-state index in [9.17, 15) is 30.7 Å². The number of hydrogen-bond acceptors (Lipinski definition) is 12. The zero-order valence-electron chi connectivity index (χ0n) is 27.3. The quantitative estimate of drug-likeness (QED) is 0.0856. The fraction of sp³-hybridized carbons (Fsp3) is 0.0270. The number of fused-ring (bicyclic) bond motifs is 3. The number of nitrogens with one attached hydrogen (secondary N) is 2. The summed E-state index contributed by atoms with van der Waals surface area (Å²) < 4.78 is 69.9. The van der Waals surface area contributed by atoms with Gasteiger partial charge >= 0.3 is 0 Å². The molecule has 0 atom stereocenters. The molecular weight excluding hydrogens is 755 g/mol. The van der Waals surface area contributed by atoms with E-state index in [0.717, 1.165) is 32.0 Å². The molecule has 0 aliphatic heterocycles. The molecule has 7 aromatic rings. The lowest BCUT2D eigenvalue weighted by Crippen LogP contribution is -2.27. The summed E-state index contributed by atoms with van der Waals surface area (Å²) >= 11 is 2.63. The average molecular weight is 780 g/mol. The number of nitrogens with zero attached hydrogens (tertiary/aromatic N) is 3. The van der Waals surface area contributed by atoms with E-state index in [1.165, 1.54) is 28.7 Å². The highest BCUT2D eigenvalue weighted by atomic mass is 32.2. The Morgan fingerprint density at radius 1 is 0.698 bits per heavy atom. The van der Waals surface area contributed by atoms with Gasteiger partial charge in [-0.2, -0.15) is 21.9 Å². The van der Waals surface area contributed by atoms with Gasteiger partial charge in [0.05, 0.1) is 26.1 Å². The van der Waals surface area contributed by atoms with Crippen molar-refractivity contribution in [3.63, 3.8) is 0 Å². The van der Waals surface area contributed by atoms with E-state index in [4.69, 9.17) is 4.98 Å². The second-order valence-electron chi connectivity index (χ2n) is 12.0. The second-order valence-corrected chi connectivity index (χ2v) is 16.8. The van der Waals surface area contributed by atoms with Crippen LogP contribution in [-0.4, -0.2) is 47.4 Å². The van der Waals surface area contributed by atoms with Crippen LogP contribution in [0.5, 0.6) is 0 Å². The fourth-order valence-corrected chi connectivity index (χ4v) is 9.87. The van der Waals surface area contributed by atoms with Crippen LogP contribution in [0.25, 0.3) is 47.7 Å². The number of benzene rings is 5. The molecule has 264 valence electrons. The molecule has 0 saturated carbocycles. The number of allylic oxidation sites excluding steroid dienone is 1. The zero-order chi connectivity index (χ0) is 37.1. The first-order valence-corrected chi connectivity index (χ1v) is 20.3. The summed E-state index contributed by atoms with van der Waals surface area (Å²) in [5, 5.41) is 8.66. The lowest BCUT2D eigenvalue weighted by Gasteiger charge is -2.17. The summed E-state index contributed by atoms with van der Waals surface area (Å²) in [5.74, 6) is -0.676. The number of Topliss-reactive ketones (excluding diaryl/α,β-unsaturated/α-hetero) is 1. The minimum Gasteiger partial charge on any atom is -0.356 e. The normalized spacial score (nSPS) is 14.1. The standard InChI is InChI=1S/C37H25N5O7S4/c1-20-7-15-29-34(35(20)53(47,48)49)51-37(40-29)23-11-16-28-30(17-23)50-36(39-28)21-8-12-25(13-9-21)41-42-32-31(52(44,45)46)18-22-10-14-26(19-27(22)33(32)43)38-24-5-3-2-4-6-24/h2-19,38,41H,1H3,(H,44,45,46)(H,47,48,49)/b42-32-. The Kier molecular flexibility index (Phi) is 8.52. The lowest BCUT2D eigenvalue weighted by atomic mass is 9.94. The van der Waals surface area contributed by atoms with Crippen molar-refractivity contribution >= 4 is 98.0 Å². The van der Waals surface area contributed by atoms with Crippen molar-refractivity contribution in [2.45, 2.75) is 11.8 Å². The van der Waals surface area contributed by atoms with Gasteiger partial charge in [-0.1, -0.05) is 30.3 Å². The first kappa shape index (κ1) is 34.5. The molecule has 0 radical (unpaired) electrons. The van der Waals surface area contributed by atoms with Gasteiger partial charge < -0.3 is 5.32 Å². The van der Waals surface area contributed by atoms with Gasteiger partial charge in [0.25, 0.3) is 20.2 Å². The molecule has 0 bridgehead atoms. The molecule has 8 rings (SSSR count). The Bertz CT molecular complexity index is 2920. The minimum atomic E-state index is -4.80. The van der Waals surface area contributed by atoms with Crippen LogP contribution in [0.3, 0.4) is 0 Å². The molecule has 1 aliphatic rings. The van der Waals surface area contributed by atoms with Crippen LogP contribution in [0.15, 0.2) is 118 Å². The number of hydrazone groups is 1. The summed E-state index contributed by atoms with van der Waals surface area (Å²) in [5.41, 5.74) is 7.93. The van der Waals surface area contributed by atoms with Gasteiger partial charge in [0.15, 0.2) is 5.71 Å². The molecule has 53 heavy (non-hydrogen) atoms. The number of para-hydroxylation sites is 1. The van der Waals surface area contributed by atoms with Gasteiger partial charge in [-0.05, 0) is 96.9 Å². The van der Waals surface area contributed by atoms with E-state index in [1.54, 1.807) is 61.5 Å². The van der Waals surface area contributed by atoms with Crippen LogP contribution in [0.2, 0.25) is 0 Å². The molecule has 0 saturated heterocycles. The maximum atomic E-state index is 13.6. The van der Waals surface area contributed by atoms with E-state index < -0.39 is 36.6 Å². The highest BCUT2D eigenvalue weighted by Gasteiger charge is 2.33. The molecule has 4 N–H and O–H groups in total. The summed E-state index contributed by atoms with van der Waals surface area (Å²) in [4.78, 5) is 22.2. The number of ketones is 1. The third-order valence-electron chi connectivity index (χ3n) is 8.40. The number of rotatable bonds is 8. The van der Waals surface area contributed by atoms with Gasteiger partial charge in [0.1, 0.15) is 19.8 Å². The number of carbonyl (C=O) groups excluding carboxylic acids is 1. The predicted octanol–water partition coefficient (Wildman–Crippen LogP) is 8.43. The molecule has 0 unspecified atom stereocenters. The van der Waals surface area contributed by atoms with Crippen LogP contribution in [0.4, 0.5) is 17.1 Å². The molecule has 0 fully saturated rings. The molecule has 1 aliphatic carbocycles. The highest BCUT2D eigenvalue weighted by Crippen LogP contribution is 2.39. The van der Waals surface area contributed by atoms with E-state index in [1.807, 2.05) is 48.5 Å². The Balaban J connectivity index is 1.04. The smallest absolute Gasteiger partial charge is 0.296 e. The van der Waals surface area contributed by atoms with Crippen LogP contribution < -0.4 is 10.7 Å². The molecular formula is C37H25N5O7S4. The van der Waals surface area contributed by atoms with Gasteiger partial charge in [0.2, 0.25) is 5.78 Å². The summed E-state index contributed by atoms with van der Waals surface area (Å²) in [6.45, 7) is 1.62. The van der Waals surface area contributed by atoms with Crippen molar-refractivity contribution in [2.24, 2.45) is 5.10 Å². The predicted molar refractivity (Wildman–Crippen MR) is 209 cm³/mol. The molecule has 2 aromatic heterocycles. The zero-order valence-corrected chi connectivity index (χ0v) is 30.6. The topological polar surface area (TPSA) is 188 Å². The van der Waals surface area contributed by atoms with Gasteiger partial charge in [0, 0.05) is 28.1 Å². The fourth-order valence-electron chi connectivity index (χ4n) is 5.90. The average Bonchev–Trinajstić information content (AvgIpc) is 3.75. The number of aryl methyl sites for hydroxylation is 1. The number of carbonyl (C=O) groups is 1. The number of anilines is 3. The van der Waals surface area contributed by atoms with Crippen LogP contribution >= 0.6 is 22.7 Å². The maximum absolute atomic E-state index is 13.6. The molecule has 12 nitrogen and oxygen atoms in total. The van der Waals surface area contributed by atoms with Crippen molar-refractivity contribution in [2.75, 3.05) is 10.7 Å². The molecule has 0 amide bonds. The van der Waals surface area contributed by atoms with Crippen molar-refractivity contribution in [3.05, 3.63) is 125 Å². The molecule has 0 spiro atoms. The Morgan fingerprint density at radius 3 is 2.11 bits per heavy atom.